The van der Waals surface area contributed by atoms with Crippen molar-refractivity contribution in [3.8, 4) is 0 Å². The molecule has 12 heavy (non-hydrogen) atoms. The second-order valence-electron chi connectivity index (χ2n) is 3.34. The largest absolute Gasteiger partial charge is 0.462 e. The molecule has 0 bridgehead atoms. The highest BCUT2D eigenvalue weighted by Crippen LogP contribution is 2.35. The SMILES string of the molecule is CC[C@@]1(C=O)CCC(=O)OC1C. The van der Waals surface area contributed by atoms with Gasteiger partial charge in [0, 0.05) is 6.42 Å². The first-order valence-electron chi connectivity index (χ1n) is 4.30. The lowest BCUT2D eigenvalue weighted by Gasteiger charge is -2.36. The smallest absolute Gasteiger partial charge is 0.306 e. The average Bonchev–Trinajstić information content (AvgIpc) is 2.06. The minimum atomic E-state index is -0.423. The summed E-state index contributed by atoms with van der Waals surface area (Å²) in [7, 11) is 0. The first kappa shape index (κ1) is 9.23. The monoisotopic (exact) mass is 170 g/mol. The minimum Gasteiger partial charge on any atom is -0.462 e. The lowest BCUT2D eigenvalue weighted by Crippen LogP contribution is -2.42. The third-order valence-electron chi connectivity index (χ3n) is 2.81. The van der Waals surface area contributed by atoms with Crippen LogP contribution in [0.15, 0.2) is 0 Å². The Bertz CT molecular complexity index is 200. The second kappa shape index (κ2) is 3.25. The lowest BCUT2D eigenvalue weighted by molar-refractivity contribution is -0.165. The summed E-state index contributed by atoms with van der Waals surface area (Å²) >= 11 is 0. The Kier molecular flexibility index (Phi) is 2.50. The van der Waals surface area contributed by atoms with E-state index in [4.69, 9.17) is 4.74 Å². The van der Waals surface area contributed by atoms with Gasteiger partial charge in [-0.25, -0.2) is 0 Å². The Balaban J connectivity index is 2.76. The standard InChI is InChI=1S/C9H14O3/c1-3-9(6-10)5-4-8(11)12-7(9)2/h6-7H,3-5H2,1-2H3/t7?,9-/m0/s1. The van der Waals surface area contributed by atoms with E-state index in [0.29, 0.717) is 12.8 Å². The first-order valence-corrected chi connectivity index (χ1v) is 4.30. The van der Waals surface area contributed by atoms with Gasteiger partial charge in [-0.1, -0.05) is 6.92 Å². The van der Waals surface area contributed by atoms with E-state index >= 15 is 0 Å². The Labute approximate surface area is 72.1 Å². The Morgan fingerprint density at radius 1 is 1.75 bits per heavy atom. The van der Waals surface area contributed by atoms with Gasteiger partial charge < -0.3 is 9.53 Å². The highest BCUT2D eigenvalue weighted by molar-refractivity contribution is 5.73. The Hall–Kier alpha value is -0.860. The van der Waals surface area contributed by atoms with Crippen LogP contribution in [0.1, 0.15) is 33.1 Å². The number of carbonyl (C=O) groups excluding carboxylic acids is 2. The van der Waals surface area contributed by atoms with Crippen molar-refractivity contribution in [2.24, 2.45) is 5.41 Å². The zero-order chi connectivity index (χ0) is 9.19. The molecule has 1 heterocycles. The topological polar surface area (TPSA) is 43.4 Å². The number of carbonyl (C=O) groups is 2. The van der Waals surface area contributed by atoms with Crippen LogP contribution in [-0.4, -0.2) is 18.4 Å². The van der Waals surface area contributed by atoms with Gasteiger partial charge in [-0.15, -0.1) is 0 Å². The predicted octanol–water partition coefficient (Wildman–Crippen LogP) is 1.31. The van der Waals surface area contributed by atoms with E-state index in [1.807, 2.05) is 6.92 Å². The highest BCUT2D eigenvalue weighted by Gasteiger charge is 2.40. The van der Waals surface area contributed by atoms with Crippen molar-refractivity contribution in [3.05, 3.63) is 0 Å². The van der Waals surface area contributed by atoms with Crippen molar-refractivity contribution in [1.82, 2.24) is 0 Å². The van der Waals surface area contributed by atoms with E-state index in [1.165, 1.54) is 0 Å². The van der Waals surface area contributed by atoms with Gasteiger partial charge in [-0.2, -0.15) is 0 Å². The summed E-state index contributed by atoms with van der Waals surface area (Å²) in [6.07, 6.45) is 2.42. The van der Waals surface area contributed by atoms with Gasteiger partial charge in [0.2, 0.25) is 0 Å². The molecular formula is C9H14O3. The summed E-state index contributed by atoms with van der Waals surface area (Å²) in [6.45, 7) is 3.74. The molecular weight excluding hydrogens is 156 g/mol. The maximum Gasteiger partial charge on any atom is 0.306 e. The fourth-order valence-corrected chi connectivity index (χ4v) is 1.61. The summed E-state index contributed by atoms with van der Waals surface area (Å²) in [5.74, 6) is -0.187. The molecule has 1 rings (SSSR count). The number of hydrogen-bond acceptors (Lipinski definition) is 3. The molecule has 3 nitrogen and oxygen atoms in total. The van der Waals surface area contributed by atoms with Crippen LogP contribution in [0.5, 0.6) is 0 Å². The van der Waals surface area contributed by atoms with Crippen molar-refractivity contribution in [2.75, 3.05) is 0 Å². The number of ether oxygens (including phenoxy) is 1. The third-order valence-corrected chi connectivity index (χ3v) is 2.81. The van der Waals surface area contributed by atoms with Crippen molar-refractivity contribution >= 4 is 12.3 Å². The van der Waals surface area contributed by atoms with Gasteiger partial charge in [-0.3, -0.25) is 4.79 Å². The maximum absolute atomic E-state index is 10.9. The molecule has 1 saturated heterocycles. The third kappa shape index (κ3) is 1.36. The van der Waals surface area contributed by atoms with Crippen LogP contribution in [-0.2, 0) is 14.3 Å². The number of aldehydes is 1. The first-order chi connectivity index (χ1) is 5.64. The van der Waals surface area contributed by atoms with Gasteiger partial charge in [-0.05, 0) is 19.8 Å². The second-order valence-corrected chi connectivity index (χ2v) is 3.34. The zero-order valence-electron chi connectivity index (χ0n) is 7.50. The van der Waals surface area contributed by atoms with E-state index in [-0.39, 0.29) is 12.1 Å². The minimum absolute atomic E-state index is 0.187. The predicted molar refractivity (Wildman–Crippen MR) is 43.6 cm³/mol. The van der Waals surface area contributed by atoms with E-state index in [0.717, 1.165) is 12.7 Å². The van der Waals surface area contributed by atoms with Crippen LogP contribution >= 0.6 is 0 Å². The quantitative estimate of drug-likeness (QED) is 0.463. The zero-order valence-corrected chi connectivity index (χ0v) is 7.50. The molecule has 1 aliphatic rings. The van der Waals surface area contributed by atoms with E-state index < -0.39 is 5.41 Å². The van der Waals surface area contributed by atoms with Crippen molar-refractivity contribution in [3.63, 3.8) is 0 Å². The molecule has 1 unspecified atom stereocenters. The fraction of sp³-hybridized carbons (Fsp3) is 0.778. The number of cyclic esters (lactones) is 1. The van der Waals surface area contributed by atoms with Gasteiger partial charge in [0.15, 0.2) is 0 Å². The van der Waals surface area contributed by atoms with Crippen LogP contribution in [0.25, 0.3) is 0 Å². The average molecular weight is 170 g/mol. The van der Waals surface area contributed by atoms with E-state index in [2.05, 4.69) is 0 Å². The molecule has 1 aliphatic heterocycles. The van der Waals surface area contributed by atoms with Crippen LogP contribution in [0, 0.1) is 5.41 Å². The fourth-order valence-electron chi connectivity index (χ4n) is 1.61. The van der Waals surface area contributed by atoms with Crippen LogP contribution in [0.4, 0.5) is 0 Å². The molecule has 0 amide bonds. The summed E-state index contributed by atoms with van der Waals surface area (Å²) in [5, 5.41) is 0. The summed E-state index contributed by atoms with van der Waals surface area (Å²) in [4.78, 5) is 21.7. The summed E-state index contributed by atoms with van der Waals surface area (Å²) in [5.41, 5.74) is -0.423. The molecule has 0 aromatic heterocycles. The molecule has 0 aliphatic carbocycles. The van der Waals surface area contributed by atoms with Gasteiger partial charge in [0.1, 0.15) is 12.4 Å². The summed E-state index contributed by atoms with van der Waals surface area (Å²) in [6, 6.07) is 0. The molecule has 2 atom stereocenters. The van der Waals surface area contributed by atoms with Crippen LogP contribution < -0.4 is 0 Å². The van der Waals surface area contributed by atoms with Crippen LogP contribution in [0.2, 0.25) is 0 Å². The van der Waals surface area contributed by atoms with Gasteiger partial charge in [0.25, 0.3) is 0 Å². The lowest BCUT2D eigenvalue weighted by atomic mass is 9.76. The van der Waals surface area contributed by atoms with E-state index in [1.54, 1.807) is 6.92 Å². The molecule has 0 radical (unpaired) electrons. The Morgan fingerprint density at radius 2 is 2.42 bits per heavy atom. The number of esters is 1. The van der Waals surface area contributed by atoms with E-state index in [9.17, 15) is 9.59 Å². The summed E-state index contributed by atoms with van der Waals surface area (Å²) < 4.78 is 5.01. The highest BCUT2D eigenvalue weighted by atomic mass is 16.5. The molecule has 1 fully saturated rings. The molecule has 68 valence electrons. The number of hydrogen-bond donors (Lipinski definition) is 0. The van der Waals surface area contributed by atoms with Gasteiger partial charge >= 0.3 is 5.97 Å². The molecule has 0 saturated carbocycles. The Morgan fingerprint density at radius 3 is 2.83 bits per heavy atom. The maximum atomic E-state index is 10.9. The molecule has 0 N–H and O–H groups in total. The molecule has 0 aromatic carbocycles. The van der Waals surface area contributed by atoms with Crippen LogP contribution in [0.3, 0.4) is 0 Å². The molecule has 0 spiro atoms. The van der Waals surface area contributed by atoms with Crippen molar-refractivity contribution in [1.29, 1.82) is 0 Å². The molecule has 0 aromatic rings. The van der Waals surface area contributed by atoms with Crippen molar-refractivity contribution < 1.29 is 14.3 Å². The number of rotatable bonds is 2. The molecule has 3 heteroatoms. The van der Waals surface area contributed by atoms with Gasteiger partial charge in [0.05, 0.1) is 5.41 Å². The normalized spacial score (nSPS) is 35.8. The van der Waals surface area contributed by atoms with Crippen molar-refractivity contribution in [2.45, 2.75) is 39.2 Å².